The van der Waals surface area contributed by atoms with Crippen molar-refractivity contribution in [3.63, 3.8) is 0 Å². The van der Waals surface area contributed by atoms with E-state index in [1.807, 2.05) is 0 Å². The molecule has 1 unspecified atom stereocenters. The lowest BCUT2D eigenvalue weighted by Gasteiger charge is -2.15. The van der Waals surface area contributed by atoms with Crippen LogP contribution in [0.3, 0.4) is 0 Å². The first-order valence-corrected chi connectivity index (χ1v) is 6.18. The second-order valence-corrected chi connectivity index (χ2v) is 4.23. The standard InChI is InChI=1S/C13H17F3N2O2/c1-2-18-12(19)10(8-17)6-9-4-3-5-11(7-9)20-13(14,15)16/h3-5,7,10H,2,6,8,17H2,1H3,(H,18,19). The van der Waals surface area contributed by atoms with Gasteiger partial charge in [-0.1, -0.05) is 12.1 Å². The Hall–Kier alpha value is -1.76. The molecule has 0 saturated carbocycles. The summed E-state index contributed by atoms with van der Waals surface area (Å²) in [5, 5.41) is 2.64. The van der Waals surface area contributed by atoms with Crippen LogP contribution in [-0.2, 0) is 11.2 Å². The van der Waals surface area contributed by atoms with Gasteiger partial charge in [0.15, 0.2) is 0 Å². The molecule has 1 aromatic rings. The largest absolute Gasteiger partial charge is 0.573 e. The number of hydrogen-bond donors (Lipinski definition) is 2. The van der Waals surface area contributed by atoms with Gasteiger partial charge in [0.1, 0.15) is 5.75 Å². The second kappa shape index (κ2) is 7.14. The Morgan fingerprint density at radius 3 is 2.70 bits per heavy atom. The van der Waals surface area contributed by atoms with Gasteiger partial charge < -0.3 is 15.8 Å². The van der Waals surface area contributed by atoms with E-state index in [1.54, 1.807) is 13.0 Å². The highest BCUT2D eigenvalue weighted by Crippen LogP contribution is 2.24. The molecule has 3 N–H and O–H groups in total. The van der Waals surface area contributed by atoms with Crippen LogP contribution in [-0.4, -0.2) is 25.4 Å². The van der Waals surface area contributed by atoms with Gasteiger partial charge in [-0.15, -0.1) is 13.2 Å². The van der Waals surface area contributed by atoms with Gasteiger partial charge >= 0.3 is 6.36 Å². The lowest BCUT2D eigenvalue weighted by atomic mass is 9.98. The van der Waals surface area contributed by atoms with Crippen molar-refractivity contribution in [1.82, 2.24) is 5.32 Å². The quantitative estimate of drug-likeness (QED) is 0.840. The zero-order valence-electron chi connectivity index (χ0n) is 11.0. The summed E-state index contributed by atoms with van der Waals surface area (Å²) in [6, 6.07) is 5.54. The molecule has 4 nitrogen and oxygen atoms in total. The number of amides is 1. The first-order valence-electron chi connectivity index (χ1n) is 6.18. The van der Waals surface area contributed by atoms with Gasteiger partial charge in [-0.05, 0) is 31.0 Å². The molecule has 0 aromatic heterocycles. The van der Waals surface area contributed by atoms with Gasteiger partial charge in [-0.2, -0.15) is 0 Å². The fraction of sp³-hybridized carbons (Fsp3) is 0.462. The molecule has 1 amide bonds. The summed E-state index contributed by atoms with van der Waals surface area (Å²) in [6.45, 7) is 2.38. The van der Waals surface area contributed by atoms with Crippen LogP contribution in [0, 0.1) is 5.92 Å². The fourth-order valence-corrected chi connectivity index (χ4v) is 1.76. The Kier molecular flexibility index (Phi) is 5.82. The summed E-state index contributed by atoms with van der Waals surface area (Å²) >= 11 is 0. The van der Waals surface area contributed by atoms with Gasteiger partial charge in [0.2, 0.25) is 5.91 Å². The van der Waals surface area contributed by atoms with E-state index in [4.69, 9.17) is 5.73 Å². The minimum absolute atomic E-state index is 0.121. The summed E-state index contributed by atoms with van der Waals surface area (Å²) in [4.78, 5) is 11.7. The monoisotopic (exact) mass is 290 g/mol. The molecular formula is C13H17F3N2O2. The number of carbonyl (C=O) groups excluding carboxylic acids is 1. The summed E-state index contributed by atoms with van der Waals surface area (Å²) in [5.41, 5.74) is 6.08. The third-order valence-electron chi connectivity index (χ3n) is 2.62. The number of ether oxygens (including phenoxy) is 1. The van der Waals surface area contributed by atoms with Crippen molar-refractivity contribution in [3.05, 3.63) is 29.8 Å². The first-order chi connectivity index (χ1) is 9.35. The predicted molar refractivity (Wildman–Crippen MR) is 68.1 cm³/mol. The van der Waals surface area contributed by atoms with Crippen molar-refractivity contribution in [2.45, 2.75) is 19.7 Å². The third-order valence-corrected chi connectivity index (χ3v) is 2.62. The van der Waals surface area contributed by atoms with Gasteiger partial charge in [0.05, 0.1) is 5.92 Å². The highest BCUT2D eigenvalue weighted by atomic mass is 19.4. The van der Waals surface area contributed by atoms with Gasteiger partial charge in [0, 0.05) is 13.1 Å². The van der Waals surface area contributed by atoms with Crippen LogP contribution in [0.4, 0.5) is 13.2 Å². The number of halogens is 3. The number of nitrogens with one attached hydrogen (secondary N) is 1. The van der Waals surface area contributed by atoms with Gasteiger partial charge in [0.25, 0.3) is 0 Å². The van der Waals surface area contributed by atoms with Gasteiger partial charge in [-0.25, -0.2) is 0 Å². The van der Waals surface area contributed by atoms with Gasteiger partial charge in [-0.3, -0.25) is 4.79 Å². The van der Waals surface area contributed by atoms with E-state index < -0.39 is 12.3 Å². The minimum atomic E-state index is -4.73. The average molecular weight is 290 g/mol. The van der Waals surface area contributed by atoms with Crippen LogP contribution in [0.25, 0.3) is 0 Å². The maximum Gasteiger partial charge on any atom is 0.573 e. The highest BCUT2D eigenvalue weighted by molar-refractivity contribution is 5.79. The fourth-order valence-electron chi connectivity index (χ4n) is 1.76. The summed E-state index contributed by atoms with van der Waals surface area (Å²) < 4.78 is 40.2. The van der Waals surface area contributed by atoms with Crippen molar-refractivity contribution in [2.24, 2.45) is 11.7 Å². The molecule has 0 fully saturated rings. The summed E-state index contributed by atoms with van der Waals surface area (Å²) in [7, 11) is 0. The van der Waals surface area contributed by atoms with E-state index in [9.17, 15) is 18.0 Å². The number of alkyl halides is 3. The van der Waals surface area contributed by atoms with E-state index in [0.717, 1.165) is 0 Å². The predicted octanol–water partition coefficient (Wildman–Crippen LogP) is 1.84. The van der Waals surface area contributed by atoms with Crippen molar-refractivity contribution in [2.75, 3.05) is 13.1 Å². The smallest absolute Gasteiger partial charge is 0.406 e. The molecule has 0 spiro atoms. The van der Waals surface area contributed by atoms with Crippen LogP contribution >= 0.6 is 0 Å². The SMILES string of the molecule is CCNC(=O)C(CN)Cc1cccc(OC(F)(F)F)c1. The topological polar surface area (TPSA) is 64.4 Å². The summed E-state index contributed by atoms with van der Waals surface area (Å²) in [6.07, 6.45) is -4.47. The molecule has 1 atom stereocenters. The average Bonchev–Trinajstić information content (AvgIpc) is 2.34. The van der Waals surface area contributed by atoms with E-state index in [-0.39, 0.29) is 24.6 Å². The lowest BCUT2D eigenvalue weighted by Crippen LogP contribution is -2.36. The third kappa shape index (κ3) is 5.48. The molecule has 0 saturated heterocycles. The number of nitrogens with two attached hydrogens (primary N) is 1. The molecule has 0 heterocycles. The Labute approximate surface area is 115 Å². The maximum absolute atomic E-state index is 12.1. The lowest BCUT2D eigenvalue weighted by molar-refractivity contribution is -0.274. The minimum Gasteiger partial charge on any atom is -0.406 e. The van der Waals surface area contributed by atoms with Crippen molar-refractivity contribution in [3.8, 4) is 5.75 Å². The van der Waals surface area contributed by atoms with Crippen molar-refractivity contribution in [1.29, 1.82) is 0 Å². The molecule has 1 rings (SSSR count). The van der Waals surface area contributed by atoms with E-state index in [0.29, 0.717) is 12.1 Å². The normalized spacial score (nSPS) is 12.8. The van der Waals surface area contributed by atoms with Crippen LogP contribution in [0.15, 0.2) is 24.3 Å². The highest BCUT2D eigenvalue weighted by Gasteiger charge is 2.31. The zero-order chi connectivity index (χ0) is 15.2. The van der Waals surface area contributed by atoms with E-state index >= 15 is 0 Å². The molecule has 1 aromatic carbocycles. The molecule has 112 valence electrons. The van der Waals surface area contributed by atoms with E-state index in [2.05, 4.69) is 10.1 Å². The first kappa shape index (κ1) is 16.3. The van der Waals surface area contributed by atoms with Crippen molar-refractivity contribution < 1.29 is 22.7 Å². The molecule has 0 aliphatic carbocycles. The Balaban J connectivity index is 2.76. The number of benzene rings is 1. The Morgan fingerprint density at radius 1 is 1.45 bits per heavy atom. The van der Waals surface area contributed by atoms with Crippen LogP contribution in [0.2, 0.25) is 0 Å². The van der Waals surface area contributed by atoms with Crippen LogP contribution in [0.5, 0.6) is 5.75 Å². The molecular weight excluding hydrogens is 273 g/mol. The molecule has 0 bridgehead atoms. The Bertz CT molecular complexity index is 449. The molecule has 20 heavy (non-hydrogen) atoms. The van der Waals surface area contributed by atoms with E-state index in [1.165, 1.54) is 18.2 Å². The number of carbonyl (C=O) groups is 1. The number of hydrogen-bond acceptors (Lipinski definition) is 3. The second-order valence-electron chi connectivity index (χ2n) is 4.23. The van der Waals surface area contributed by atoms with Crippen LogP contribution < -0.4 is 15.8 Å². The molecule has 0 aliphatic heterocycles. The Morgan fingerprint density at radius 2 is 2.15 bits per heavy atom. The van der Waals surface area contributed by atoms with Crippen LogP contribution in [0.1, 0.15) is 12.5 Å². The maximum atomic E-state index is 12.1. The molecule has 0 aliphatic rings. The van der Waals surface area contributed by atoms with Crippen molar-refractivity contribution >= 4 is 5.91 Å². The zero-order valence-corrected chi connectivity index (χ0v) is 11.0. The summed E-state index contributed by atoms with van der Waals surface area (Å²) in [5.74, 6) is -0.991. The molecule has 0 radical (unpaired) electrons. The number of rotatable bonds is 6. The molecule has 7 heteroatoms.